The molecule has 0 aromatic heterocycles. The Hall–Kier alpha value is -2.16. The van der Waals surface area contributed by atoms with Gasteiger partial charge in [0, 0.05) is 36.4 Å². The van der Waals surface area contributed by atoms with Crippen LogP contribution in [0.4, 0.5) is 5.69 Å². The summed E-state index contributed by atoms with van der Waals surface area (Å²) in [6.45, 7) is 17.7. The number of carbonyl (C=O) groups is 2. The van der Waals surface area contributed by atoms with Crippen molar-refractivity contribution in [2.45, 2.75) is 115 Å². The molecule has 1 aliphatic carbocycles. The second-order valence-corrected chi connectivity index (χ2v) is 13.7. The lowest BCUT2D eigenvalue weighted by Crippen LogP contribution is -2.58. The maximum absolute atomic E-state index is 14.5. The first kappa shape index (κ1) is 28.0. The minimum Gasteiger partial charge on any atom is -0.399 e. The van der Waals surface area contributed by atoms with Crippen molar-refractivity contribution in [2.75, 3.05) is 31.1 Å². The molecule has 3 saturated heterocycles. The average molecular weight is 548 g/mol. The van der Waals surface area contributed by atoms with Gasteiger partial charge in [0.1, 0.15) is 0 Å². The van der Waals surface area contributed by atoms with Gasteiger partial charge in [-0.1, -0.05) is 32.1 Å². The normalized spacial score (nSPS) is 29.0. The smallest absolute Gasteiger partial charge is 0.399 e. The third-order valence-corrected chi connectivity index (χ3v) is 10.9. The van der Waals surface area contributed by atoms with E-state index in [1.807, 2.05) is 11.8 Å². The van der Waals surface area contributed by atoms with Gasteiger partial charge >= 0.3 is 7.12 Å². The van der Waals surface area contributed by atoms with Crippen molar-refractivity contribution in [1.29, 1.82) is 0 Å². The van der Waals surface area contributed by atoms with Gasteiger partial charge < -0.3 is 24.0 Å². The maximum Gasteiger partial charge on any atom is 0.494 e. The zero-order valence-corrected chi connectivity index (χ0v) is 25.1. The predicted molar refractivity (Wildman–Crippen MR) is 159 cm³/mol. The van der Waals surface area contributed by atoms with Gasteiger partial charge in [-0.3, -0.25) is 9.59 Å². The Balaban J connectivity index is 1.29. The van der Waals surface area contributed by atoms with Gasteiger partial charge in [0.25, 0.3) is 0 Å². The molecule has 0 atom stereocenters. The third kappa shape index (κ3) is 4.37. The lowest BCUT2D eigenvalue weighted by atomic mass is 9.71. The molecule has 7 nitrogen and oxygen atoms in total. The van der Waals surface area contributed by atoms with Crippen molar-refractivity contribution in [1.82, 2.24) is 9.80 Å². The fourth-order valence-electron chi connectivity index (χ4n) is 7.40. The van der Waals surface area contributed by atoms with E-state index >= 15 is 0 Å². The van der Waals surface area contributed by atoms with Gasteiger partial charge in [0.2, 0.25) is 11.8 Å². The van der Waals surface area contributed by atoms with Crippen LogP contribution in [0.25, 0.3) is 0 Å². The van der Waals surface area contributed by atoms with Crippen LogP contribution in [-0.4, -0.2) is 78.2 Å². The molecule has 216 valence electrons. The van der Waals surface area contributed by atoms with E-state index in [4.69, 9.17) is 9.31 Å². The van der Waals surface area contributed by atoms with Crippen molar-refractivity contribution in [2.24, 2.45) is 0 Å². The van der Waals surface area contributed by atoms with E-state index in [-0.39, 0.29) is 17.9 Å². The van der Waals surface area contributed by atoms with Crippen LogP contribution in [0.2, 0.25) is 0 Å². The Morgan fingerprint density at radius 2 is 1.60 bits per heavy atom. The number of anilines is 1. The molecule has 4 heterocycles. The zero-order valence-electron chi connectivity index (χ0n) is 25.1. The Labute approximate surface area is 240 Å². The summed E-state index contributed by atoms with van der Waals surface area (Å²) in [5.74, 6) is 0.247. The Morgan fingerprint density at radius 3 is 2.20 bits per heavy atom. The monoisotopic (exact) mass is 547 g/mol. The summed E-state index contributed by atoms with van der Waals surface area (Å²) >= 11 is 0. The van der Waals surface area contributed by atoms with Crippen molar-refractivity contribution in [3.8, 4) is 0 Å². The van der Waals surface area contributed by atoms with E-state index in [1.54, 1.807) is 0 Å². The van der Waals surface area contributed by atoms with E-state index < -0.39 is 23.7 Å². The zero-order chi connectivity index (χ0) is 28.4. The van der Waals surface area contributed by atoms with Gasteiger partial charge in [0.05, 0.1) is 16.6 Å². The summed E-state index contributed by atoms with van der Waals surface area (Å²) < 4.78 is 12.8. The molecule has 1 aromatic rings. The number of benzene rings is 1. The molecule has 1 aromatic carbocycles. The van der Waals surface area contributed by atoms with Crippen molar-refractivity contribution < 1.29 is 18.9 Å². The van der Waals surface area contributed by atoms with Crippen LogP contribution in [0.3, 0.4) is 0 Å². The Kier molecular flexibility index (Phi) is 6.99. The van der Waals surface area contributed by atoms with Gasteiger partial charge in [0.15, 0.2) is 0 Å². The molecule has 0 radical (unpaired) electrons. The third-order valence-electron chi connectivity index (χ3n) is 10.9. The summed E-state index contributed by atoms with van der Waals surface area (Å²) in [4.78, 5) is 34.0. The summed E-state index contributed by atoms with van der Waals surface area (Å²) in [5.41, 5.74) is 2.31. The molecule has 0 unspecified atom stereocenters. The number of amides is 2. The van der Waals surface area contributed by atoms with E-state index in [2.05, 4.69) is 62.3 Å². The largest absolute Gasteiger partial charge is 0.494 e. The standard InChI is InChI=1S/C32H46BN3O4/c1-7-22(2)28(37)35-17-13-32(14-18-35)26-12-11-23(33-39-30(3,4)31(5,6)40-33)19-27(26)36(29(32)38)25-20-24(21-25)34-15-9-8-10-16-34/h11-12,19,24-25H,2,7-10,13-18,20-21H2,1,3-6H3/t24-,25+. The number of hydrogen-bond donors (Lipinski definition) is 0. The van der Waals surface area contributed by atoms with Crippen LogP contribution in [0, 0.1) is 0 Å². The molecule has 4 aliphatic heterocycles. The van der Waals surface area contributed by atoms with E-state index in [9.17, 15) is 9.59 Å². The molecule has 5 aliphatic rings. The Bertz CT molecular complexity index is 1180. The minimum absolute atomic E-state index is 0.0272. The summed E-state index contributed by atoms with van der Waals surface area (Å²) in [7, 11) is -0.467. The second kappa shape index (κ2) is 9.99. The highest BCUT2D eigenvalue weighted by Crippen LogP contribution is 2.51. The first-order chi connectivity index (χ1) is 19.0. The number of piperidine rings is 2. The molecule has 8 heteroatoms. The minimum atomic E-state index is -0.579. The number of hydrogen-bond acceptors (Lipinski definition) is 5. The topological polar surface area (TPSA) is 62.3 Å². The molecule has 0 N–H and O–H groups in total. The van der Waals surface area contributed by atoms with E-state index in [0.717, 1.165) is 29.6 Å². The first-order valence-corrected chi connectivity index (χ1v) is 15.5. The van der Waals surface area contributed by atoms with Crippen LogP contribution in [0.15, 0.2) is 30.4 Å². The number of fused-ring (bicyclic) bond motifs is 2. The van der Waals surface area contributed by atoms with Gasteiger partial charge in [-0.15, -0.1) is 0 Å². The predicted octanol–water partition coefficient (Wildman–Crippen LogP) is 4.18. The van der Waals surface area contributed by atoms with E-state index in [0.29, 0.717) is 44.0 Å². The van der Waals surface area contributed by atoms with Crippen LogP contribution in [0.5, 0.6) is 0 Å². The van der Waals surface area contributed by atoms with Gasteiger partial charge in [-0.05, 0) is 103 Å². The maximum atomic E-state index is 14.5. The lowest BCUT2D eigenvalue weighted by molar-refractivity contribution is -0.133. The Morgan fingerprint density at radius 1 is 0.975 bits per heavy atom. The number of nitrogens with zero attached hydrogens (tertiary/aromatic N) is 3. The fraction of sp³-hybridized carbons (Fsp3) is 0.688. The van der Waals surface area contributed by atoms with Crippen LogP contribution in [0.1, 0.15) is 91.5 Å². The van der Waals surface area contributed by atoms with Crippen LogP contribution in [-0.2, 0) is 24.3 Å². The highest BCUT2D eigenvalue weighted by atomic mass is 16.7. The molecule has 40 heavy (non-hydrogen) atoms. The van der Waals surface area contributed by atoms with Crippen molar-refractivity contribution in [3.05, 3.63) is 35.9 Å². The molecule has 1 spiro atoms. The molecule has 4 fully saturated rings. The molecular formula is C32H46BN3O4. The van der Waals surface area contributed by atoms with Gasteiger partial charge in [-0.25, -0.2) is 0 Å². The molecule has 2 amide bonds. The second-order valence-electron chi connectivity index (χ2n) is 13.7. The van der Waals surface area contributed by atoms with E-state index in [1.165, 1.54) is 32.4 Å². The van der Waals surface area contributed by atoms with Crippen molar-refractivity contribution in [3.63, 3.8) is 0 Å². The molecular weight excluding hydrogens is 501 g/mol. The molecule has 1 saturated carbocycles. The van der Waals surface area contributed by atoms with Gasteiger partial charge in [-0.2, -0.15) is 0 Å². The van der Waals surface area contributed by atoms with Crippen molar-refractivity contribution >= 4 is 30.1 Å². The highest BCUT2D eigenvalue weighted by molar-refractivity contribution is 6.62. The lowest BCUT2D eigenvalue weighted by Gasteiger charge is -2.48. The summed E-state index contributed by atoms with van der Waals surface area (Å²) in [6, 6.07) is 7.19. The quantitative estimate of drug-likeness (QED) is 0.409. The number of carbonyl (C=O) groups excluding carboxylic acids is 2. The summed E-state index contributed by atoms with van der Waals surface area (Å²) in [6.07, 6.45) is 7.91. The highest BCUT2D eigenvalue weighted by Gasteiger charge is 2.57. The van der Waals surface area contributed by atoms with Crippen LogP contribution >= 0.6 is 0 Å². The molecule has 6 rings (SSSR count). The summed E-state index contributed by atoms with van der Waals surface area (Å²) in [5, 5.41) is 0. The fourth-order valence-corrected chi connectivity index (χ4v) is 7.40. The number of likely N-dealkylation sites (tertiary alicyclic amines) is 2. The SMILES string of the molecule is C=C(CC)C(=O)N1CCC2(CC1)C(=O)N([C@H]1C[C@@H](N3CCCCC3)C1)c1cc(B3OC(C)(C)C(C)(C)O3)ccc12. The average Bonchev–Trinajstić information content (AvgIpc) is 3.28. The molecule has 0 bridgehead atoms. The van der Waals surface area contributed by atoms with Crippen LogP contribution < -0.4 is 10.4 Å². The first-order valence-electron chi connectivity index (χ1n) is 15.5. The number of rotatable bonds is 5.